The molecule has 0 aliphatic carbocycles. The van der Waals surface area contributed by atoms with Crippen molar-refractivity contribution in [2.75, 3.05) is 12.4 Å². The number of nitrogens with one attached hydrogen (secondary N) is 1. The Morgan fingerprint density at radius 1 is 1.15 bits per heavy atom. The van der Waals surface area contributed by atoms with Crippen LogP contribution >= 0.6 is 0 Å². The van der Waals surface area contributed by atoms with Crippen LogP contribution in [0.4, 0.5) is 10.1 Å². The highest BCUT2D eigenvalue weighted by atomic mass is 19.1. The minimum absolute atomic E-state index is 0.254. The van der Waals surface area contributed by atoms with Crippen molar-refractivity contribution in [3.63, 3.8) is 0 Å². The van der Waals surface area contributed by atoms with Crippen LogP contribution in [0, 0.1) is 5.82 Å². The van der Waals surface area contributed by atoms with Crippen LogP contribution in [0.5, 0.6) is 5.75 Å². The molecule has 5 nitrogen and oxygen atoms in total. The fraction of sp³-hybridized carbons (Fsp3) is 0.333. The molecule has 2 rings (SSSR count). The van der Waals surface area contributed by atoms with E-state index >= 15 is 0 Å². The third-order valence-electron chi connectivity index (χ3n) is 4.41. The van der Waals surface area contributed by atoms with Gasteiger partial charge in [-0.1, -0.05) is 32.0 Å². The first-order valence-corrected chi connectivity index (χ1v) is 8.81. The third-order valence-corrected chi connectivity index (χ3v) is 4.41. The van der Waals surface area contributed by atoms with Gasteiger partial charge in [0.15, 0.2) is 6.10 Å². The number of amides is 1. The summed E-state index contributed by atoms with van der Waals surface area (Å²) in [6.07, 6.45) is -0.155. The van der Waals surface area contributed by atoms with Crippen molar-refractivity contribution in [1.82, 2.24) is 0 Å². The maximum atomic E-state index is 14.0. The second-order valence-electron chi connectivity index (χ2n) is 6.28. The number of esters is 1. The molecule has 0 saturated carbocycles. The zero-order valence-electron chi connectivity index (χ0n) is 15.9. The van der Waals surface area contributed by atoms with Gasteiger partial charge in [0.25, 0.3) is 5.91 Å². The van der Waals surface area contributed by atoms with Crippen LogP contribution in [0.15, 0.2) is 42.5 Å². The molecule has 0 bridgehead atoms. The number of benzene rings is 2. The summed E-state index contributed by atoms with van der Waals surface area (Å²) in [7, 11) is 1.40. The average molecular weight is 373 g/mol. The monoisotopic (exact) mass is 373 g/mol. The molecule has 6 heteroatoms. The van der Waals surface area contributed by atoms with Crippen LogP contribution in [0.2, 0.25) is 0 Å². The highest BCUT2D eigenvalue weighted by Gasteiger charge is 2.22. The molecule has 0 unspecified atom stereocenters. The molecule has 1 amide bonds. The summed E-state index contributed by atoms with van der Waals surface area (Å²) in [5.41, 5.74) is 1.43. The lowest BCUT2D eigenvalue weighted by molar-refractivity contribution is -0.123. The van der Waals surface area contributed by atoms with Gasteiger partial charge in [0, 0.05) is 11.8 Å². The molecule has 144 valence electrons. The molecule has 0 radical (unpaired) electrons. The Labute approximate surface area is 158 Å². The average Bonchev–Trinajstić information content (AvgIpc) is 2.67. The predicted molar refractivity (Wildman–Crippen MR) is 102 cm³/mol. The van der Waals surface area contributed by atoms with Gasteiger partial charge in [-0.3, -0.25) is 4.79 Å². The fourth-order valence-corrected chi connectivity index (χ4v) is 2.56. The molecule has 0 heterocycles. The summed E-state index contributed by atoms with van der Waals surface area (Å²) in [4.78, 5) is 24.6. The molecule has 2 atom stereocenters. The van der Waals surface area contributed by atoms with Crippen LogP contribution in [0.25, 0.3) is 0 Å². The maximum Gasteiger partial charge on any atom is 0.341 e. The van der Waals surface area contributed by atoms with E-state index in [0.717, 1.165) is 18.1 Å². The number of ether oxygens (including phenoxy) is 2. The van der Waals surface area contributed by atoms with E-state index in [9.17, 15) is 14.0 Å². The second-order valence-corrected chi connectivity index (χ2v) is 6.28. The van der Waals surface area contributed by atoms with Crippen LogP contribution in [0.1, 0.15) is 49.0 Å². The van der Waals surface area contributed by atoms with Gasteiger partial charge in [0.2, 0.25) is 0 Å². The largest absolute Gasteiger partial charge is 0.497 e. The van der Waals surface area contributed by atoms with Crippen LogP contribution in [-0.2, 0) is 9.53 Å². The molecule has 27 heavy (non-hydrogen) atoms. The van der Waals surface area contributed by atoms with Crippen molar-refractivity contribution < 1.29 is 23.5 Å². The lowest BCUT2D eigenvalue weighted by Crippen LogP contribution is -2.30. The topological polar surface area (TPSA) is 64.6 Å². The summed E-state index contributed by atoms with van der Waals surface area (Å²) in [5.74, 6) is -1.60. The minimum atomic E-state index is -1.08. The first kappa shape index (κ1) is 20.4. The smallest absolute Gasteiger partial charge is 0.341 e. The van der Waals surface area contributed by atoms with E-state index in [1.165, 1.54) is 26.2 Å². The summed E-state index contributed by atoms with van der Waals surface area (Å²) >= 11 is 0. The van der Waals surface area contributed by atoms with Crippen LogP contribution in [-0.4, -0.2) is 25.1 Å². The molecule has 0 fully saturated rings. The van der Waals surface area contributed by atoms with E-state index in [1.807, 2.05) is 18.2 Å². The summed E-state index contributed by atoms with van der Waals surface area (Å²) in [6, 6.07) is 11.3. The third kappa shape index (κ3) is 5.06. The standard InChI is InChI=1S/C21H24FNO4/c1-5-13(2)16-8-6-7-9-19(16)23-20(24)14(3)27-21(25)17-11-10-15(26-4)12-18(17)22/h6-14H,5H2,1-4H3,(H,23,24)/t13-,14-/m1/s1. The van der Waals surface area contributed by atoms with Gasteiger partial charge in [0.1, 0.15) is 11.6 Å². The first-order valence-electron chi connectivity index (χ1n) is 8.81. The molecule has 2 aromatic carbocycles. The van der Waals surface area contributed by atoms with Crippen LogP contribution in [0.3, 0.4) is 0 Å². The first-order chi connectivity index (χ1) is 12.9. The van der Waals surface area contributed by atoms with E-state index < -0.39 is 23.8 Å². The van der Waals surface area contributed by atoms with Crippen molar-refractivity contribution in [3.8, 4) is 5.75 Å². The number of halogens is 1. The quantitative estimate of drug-likeness (QED) is 0.724. The number of hydrogen-bond acceptors (Lipinski definition) is 4. The van der Waals surface area contributed by atoms with Crippen LogP contribution < -0.4 is 10.1 Å². The number of methoxy groups -OCH3 is 1. The summed E-state index contributed by atoms with van der Waals surface area (Å²) in [5, 5.41) is 2.79. The normalized spacial score (nSPS) is 12.8. The zero-order chi connectivity index (χ0) is 20.0. The van der Waals surface area contributed by atoms with Crippen molar-refractivity contribution in [3.05, 3.63) is 59.4 Å². The molecule has 0 aliphatic heterocycles. The van der Waals surface area contributed by atoms with Gasteiger partial charge in [0.05, 0.1) is 12.7 Å². The van der Waals surface area contributed by atoms with Gasteiger partial charge >= 0.3 is 5.97 Å². The molecule has 0 aromatic heterocycles. The van der Waals surface area contributed by atoms with E-state index in [0.29, 0.717) is 5.69 Å². The molecule has 0 spiro atoms. The van der Waals surface area contributed by atoms with Gasteiger partial charge in [-0.05, 0) is 43.0 Å². The molecular weight excluding hydrogens is 349 g/mol. The highest BCUT2D eigenvalue weighted by Crippen LogP contribution is 2.26. The zero-order valence-corrected chi connectivity index (χ0v) is 15.9. The van der Waals surface area contributed by atoms with Crippen molar-refractivity contribution >= 4 is 17.6 Å². The highest BCUT2D eigenvalue weighted by molar-refractivity contribution is 5.98. The van der Waals surface area contributed by atoms with Crippen molar-refractivity contribution in [2.45, 2.75) is 39.2 Å². The summed E-state index contributed by atoms with van der Waals surface area (Å²) in [6.45, 7) is 5.58. The predicted octanol–water partition coefficient (Wildman–Crippen LogP) is 4.53. The number of hydrogen-bond donors (Lipinski definition) is 1. The van der Waals surface area contributed by atoms with Gasteiger partial charge in [-0.15, -0.1) is 0 Å². The molecule has 1 N–H and O–H groups in total. The minimum Gasteiger partial charge on any atom is -0.497 e. The van der Waals surface area contributed by atoms with Gasteiger partial charge < -0.3 is 14.8 Å². The number of rotatable bonds is 7. The molecule has 2 aromatic rings. The Morgan fingerprint density at radius 2 is 1.85 bits per heavy atom. The van der Waals surface area contributed by atoms with Gasteiger partial charge in [-0.2, -0.15) is 0 Å². The number of carbonyl (C=O) groups excluding carboxylic acids is 2. The van der Waals surface area contributed by atoms with Gasteiger partial charge in [-0.25, -0.2) is 9.18 Å². The summed E-state index contributed by atoms with van der Waals surface area (Å²) < 4.78 is 24.0. The maximum absolute atomic E-state index is 14.0. The number of para-hydroxylation sites is 1. The van der Waals surface area contributed by atoms with E-state index in [1.54, 1.807) is 6.07 Å². The number of anilines is 1. The second kappa shape index (κ2) is 9.16. The number of carbonyl (C=O) groups is 2. The van der Waals surface area contributed by atoms with E-state index in [-0.39, 0.29) is 17.2 Å². The van der Waals surface area contributed by atoms with E-state index in [4.69, 9.17) is 9.47 Å². The van der Waals surface area contributed by atoms with Crippen molar-refractivity contribution in [1.29, 1.82) is 0 Å². The molecule has 0 aliphatic rings. The fourth-order valence-electron chi connectivity index (χ4n) is 2.56. The Morgan fingerprint density at radius 3 is 2.48 bits per heavy atom. The lowest BCUT2D eigenvalue weighted by atomic mass is 9.97. The Hall–Kier alpha value is -2.89. The lowest BCUT2D eigenvalue weighted by Gasteiger charge is -2.18. The SMILES string of the molecule is CC[C@@H](C)c1ccccc1NC(=O)[C@@H](C)OC(=O)c1ccc(OC)cc1F. The Bertz CT molecular complexity index is 822. The molecule has 0 saturated heterocycles. The van der Waals surface area contributed by atoms with E-state index in [2.05, 4.69) is 19.2 Å². The Kier molecular flexibility index (Phi) is 6.93. The molecular formula is C21H24FNO4. The van der Waals surface area contributed by atoms with Crippen molar-refractivity contribution in [2.24, 2.45) is 0 Å². The Balaban J connectivity index is 2.07.